The molecular formula is C19H20N4O3. The number of ether oxygens (including phenoxy) is 2. The van der Waals surface area contributed by atoms with Gasteiger partial charge in [-0.2, -0.15) is 0 Å². The second-order valence-corrected chi connectivity index (χ2v) is 6.59. The standard InChI is InChI=1S/C19H20N4O3/c1-23-9-14(13-6-12(7-18(20)24)21-8-16(13)23)15-4-3-5-17(22-15)19(25-2)10-26-11-19/h3-6,8-9H,7,10-11H2,1-2H3,(H2,20,24). The van der Waals surface area contributed by atoms with Crippen molar-refractivity contribution in [1.82, 2.24) is 14.5 Å². The maximum absolute atomic E-state index is 11.2. The molecule has 0 saturated carbocycles. The Hall–Kier alpha value is -2.77. The van der Waals surface area contributed by atoms with Crippen LogP contribution in [0.4, 0.5) is 0 Å². The molecule has 0 radical (unpaired) electrons. The SMILES string of the molecule is COC1(c2cccc(-c3cn(C)c4cnc(CC(N)=O)cc34)n2)COC1. The first kappa shape index (κ1) is 16.7. The van der Waals surface area contributed by atoms with E-state index in [1.54, 1.807) is 13.3 Å². The van der Waals surface area contributed by atoms with E-state index in [2.05, 4.69) is 4.98 Å². The minimum Gasteiger partial charge on any atom is -0.374 e. The fourth-order valence-corrected chi connectivity index (χ4v) is 3.30. The third-order valence-corrected chi connectivity index (χ3v) is 4.84. The molecule has 134 valence electrons. The number of nitrogens with zero attached hydrogens (tertiary/aromatic N) is 3. The molecule has 1 saturated heterocycles. The lowest BCUT2D eigenvalue weighted by molar-refractivity contribution is -0.204. The van der Waals surface area contributed by atoms with E-state index in [-0.39, 0.29) is 6.42 Å². The highest BCUT2D eigenvalue weighted by molar-refractivity contribution is 5.95. The largest absolute Gasteiger partial charge is 0.374 e. The van der Waals surface area contributed by atoms with Gasteiger partial charge in [-0.15, -0.1) is 0 Å². The molecule has 0 aliphatic carbocycles. The van der Waals surface area contributed by atoms with Crippen molar-refractivity contribution in [2.24, 2.45) is 12.8 Å². The summed E-state index contributed by atoms with van der Waals surface area (Å²) in [6.45, 7) is 1.00. The fraction of sp³-hybridized carbons (Fsp3) is 0.316. The van der Waals surface area contributed by atoms with Crippen molar-refractivity contribution in [3.63, 3.8) is 0 Å². The summed E-state index contributed by atoms with van der Waals surface area (Å²) < 4.78 is 13.0. The van der Waals surface area contributed by atoms with Crippen LogP contribution in [0.25, 0.3) is 22.2 Å². The van der Waals surface area contributed by atoms with E-state index in [1.807, 2.05) is 42.1 Å². The van der Waals surface area contributed by atoms with Gasteiger partial charge in [-0.3, -0.25) is 9.78 Å². The number of methoxy groups -OCH3 is 1. The number of amides is 1. The minimum atomic E-state index is -0.473. The van der Waals surface area contributed by atoms with Crippen LogP contribution in [-0.2, 0) is 33.3 Å². The van der Waals surface area contributed by atoms with Crippen LogP contribution in [-0.4, -0.2) is 40.8 Å². The van der Waals surface area contributed by atoms with Crippen LogP contribution in [0, 0.1) is 0 Å². The smallest absolute Gasteiger partial charge is 0.223 e. The van der Waals surface area contributed by atoms with Crippen LogP contribution in [0.5, 0.6) is 0 Å². The maximum atomic E-state index is 11.2. The number of hydrogen-bond acceptors (Lipinski definition) is 5. The van der Waals surface area contributed by atoms with Gasteiger partial charge in [0, 0.05) is 31.3 Å². The third kappa shape index (κ3) is 2.65. The van der Waals surface area contributed by atoms with Crippen LogP contribution < -0.4 is 5.73 Å². The average Bonchev–Trinajstić information content (AvgIpc) is 2.91. The number of pyridine rings is 2. The predicted molar refractivity (Wildman–Crippen MR) is 96.3 cm³/mol. The predicted octanol–water partition coefficient (Wildman–Crippen LogP) is 1.53. The molecule has 1 amide bonds. The van der Waals surface area contributed by atoms with Crippen molar-refractivity contribution in [3.8, 4) is 11.3 Å². The molecule has 1 aliphatic heterocycles. The van der Waals surface area contributed by atoms with Crippen LogP contribution in [0.3, 0.4) is 0 Å². The molecule has 0 aromatic carbocycles. The number of primary amides is 1. The van der Waals surface area contributed by atoms with Crippen molar-refractivity contribution >= 4 is 16.8 Å². The highest BCUT2D eigenvalue weighted by Gasteiger charge is 2.42. The summed E-state index contributed by atoms with van der Waals surface area (Å²) in [6, 6.07) is 7.81. The van der Waals surface area contributed by atoms with Crippen molar-refractivity contribution in [1.29, 1.82) is 0 Å². The zero-order valence-corrected chi connectivity index (χ0v) is 14.7. The summed E-state index contributed by atoms with van der Waals surface area (Å²) in [7, 11) is 3.64. The van der Waals surface area contributed by atoms with Crippen LogP contribution >= 0.6 is 0 Å². The molecule has 7 nitrogen and oxygen atoms in total. The summed E-state index contributed by atoms with van der Waals surface area (Å²) in [4.78, 5) is 20.4. The Morgan fingerprint density at radius 3 is 2.88 bits per heavy atom. The van der Waals surface area contributed by atoms with Gasteiger partial charge in [-0.1, -0.05) is 6.07 Å². The Morgan fingerprint density at radius 1 is 1.42 bits per heavy atom. The first-order chi connectivity index (χ1) is 12.5. The van der Waals surface area contributed by atoms with Crippen LogP contribution in [0.2, 0.25) is 0 Å². The van der Waals surface area contributed by atoms with Gasteiger partial charge in [0.05, 0.1) is 48.4 Å². The highest BCUT2D eigenvalue weighted by atomic mass is 16.6. The zero-order valence-electron chi connectivity index (χ0n) is 14.7. The van der Waals surface area contributed by atoms with Gasteiger partial charge >= 0.3 is 0 Å². The molecule has 1 fully saturated rings. The average molecular weight is 352 g/mol. The van der Waals surface area contributed by atoms with E-state index in [0.29, 0.717) is 18.9 Å². The Kier molecular flexibility index (Phi) is 3.97. The van der Waals surface area contributed by atoms with E-state index in [1.165, 1.54) is 0 Å². The van der Waals surface area contributed by atoms with E-state index in [9.17, 15) is 4.79 Å². The van der Waals surface area contributed by atoms with Gasteiger partial charge in [-0.25, -0.2) is 4.98 Å². The monoisotopic (exact) mass is 352 g/mol. The van der Waals surface area contributed by atoms with Gasteiger partial charge in [0.2, 0.25) is 5.91 Å². The Morgan fingerprint density at radius 2 is 2.23 bits per heavy atom. The Labute approximate surface area is 150 Å². The molecule has 1 aliphatic rings. The summed E-state index contributed by atoms with van der Waals surface area (Å²) in [6.07, 6.45) is 3.89. The van der Waals surface area contributed by atoms with E-state index in [0.717, 1.165) is 27.9 Å². The molecule has 7 heteroatoms. The number of fused-ring (bicyclic) bond motifs is 1. The first-order valence-electron chi connectivity index (χ1n) is 8.35. The number of aryl methyl sites for hydroxylation is 1. The normalized spacial score (nSPS) is 15.8. The first-order valence-corrected chi connectivity index (χ1v) is 8.35. The highest BCUT2D eigenvalue weighted by Crippen LogP contribution is 2.34. The number of rotatable bonds is 5. The molecule has 4 heterocycles. The molecule has 0 atom stereocenters. The van der Waals surface area contributed by atoms with Gasteiger partial charge in [0.1, 0.15) is 0 Å². The topological polar surface area (TPSA) is 92.3 Å². The molecular weight excluding hydrogens is 332 g/mol. The van der Waals surface area contributed by atoms with Gasteiger partial charge in [0.15, 0.2) is 5.60 Å². The number of carbonyl (C=O) groups excluding carboxylic acids is 1. The van der Waals surface area contributed by atoms with E-state index >= 15 is 0 Å². The lowest BCUT2D eigenvalue weighted by Gasteiger charge is -2.39. The fourth-order valence-electron chi connectivity index (χ4n) is 3.30. The number of carbonyl (C=O) groups is 1. The number of aromatic nitrogens is 3. The van der Waals surface area contributed by atoms with Gasteiger partial charge < -0.3 is 19.8 Å². The molecule has 0 spiro atoms. The second kappa shape index (κ2) is 6.19. The molecule has 4 rings (SSSR count). The van der Waals surface area contributed by atoms with E-state index < -0.39 is 11.5 Å². The third-order valence-electron chi connectivity index (χ3n) is 4.84. The minimum absolute atomic E-state index is 0.113. The zero-order chi connectivity index (χ0) is 18.3. The molecule has 3 aromatic heterocycles. The molecule has 2 N–H and O–H groups in total. The summed E-state index contributed by atoms with van der Waals surface area (Å²) in [5, 5.41) is 0.986. The number of nitrogens with two attached hydrogens (primary N) is 1. The van der Waals surface area contributed by atoms with Crippen LogP contribution in [0.1, 0.15) is 11.4 Å². The quantitative estimate of drug-likeness (QED) is 0.752. The second-order valence-electron chi connectivity index (χ2n) is 6.59. The molecule has 0 bridgehead atoms. The number of hydrogen-bond donors (Lipinski definition) is 1. The van der Waals surface area contributed by atoms with Crippen molar-refractivity contribution in [3.05, 3.63) is 48.0 Å². The molecule has 3 aromatic rings. The summed E-state index contributed by atoms with van der Waals surface area (Å²) in [5.74, 6) is -0.401. The van der Waals surface area contributed by atoms with E-state index in [4.69, 9.17) is 20.2 Å². The van der Waals surface area contributed by atoms with Crippen molar-refractivity contribution < 1.29 is 14.3 Å². The maximum Gasteiger partial charge on any atom is 0.223 e. The van der Waals surface area contributed by atoms with Crippen molar-refractivity contribution in [2.75, 3.05) is 20.3 Å². The Balaban J connectivity index is 1.82. The lowest BCUT2D eigenvalue weighted by Crippen LogP contribution is -2.48. The van der Waals surface area contributed by atoms with Gasteiger partial charge in [0.25, 0.3) is 0 Å². The van der Waals surface area contributed by atoms with Crippen LogP contribution in [0.15, 0.2) is 36.7 Å². The molecule has 0 unspecified atom stereocenters. The van der Waals surface area contributed by atoms with Crippen molar-refractivity contribution in [2.45, 2.75) is 12.0 Å². The lowest BCUT2D eigenvalue weighted by atomic mass is 9.96. The summed E-state index contributed by atoms with van der Waals surface area (Å²) >= 11 is 0. The Bertz CT molecular complexity index is 986. The molecule has 26 heavy (non-hydrogen) atoms. The van der Waals surface area contributed by atoms with Gasteiger partial charge in [-0.05, 0) is 18.2 Å². The summed E-state index contributed by atoms with van der Waals surface area (Å²) in [5.41, 5.74) is 9.12.